The lowest BCUT2D eigenvalue weighted by Gasteiger charge is -2.15. The maximum Gasteiger partial charge on any atom is 0.255 e. The molecule has 0 atom stereocenters. The SMILES string of the molecule is Cc1ccc(NC(=O)c2ccc(S(=O)(=O)N3CCCC3)cc2)cc1Cl. The van der Waals surface area contributed by atoms with E-state index in [1.165, 1.54) is 28.6 Å². The lowest BCUT2D eigenvalue weighted by atomic mass is 10.2. The summed E-state index contributed by atoms with van der Waals surface area (Å²) in [7, 11) is -3.47. The molecule has 0 radical (unpaired) electrons. The first-order valence-corrected chi connectivity index (χ1v) is 9.87. The minimum Gasteiger partial charge on any atom is -0.322 e. The molecule has 5 nitrogen and oxygen atoms in total. The quantitative estimate of drug-likeness (QED) is 0.882. The van der Waals surface area contributed by atoms with Crippen LogP contribution in [0, 0.1) is 6.92 Å². The third kappa shape index (κ3) is 3.86. The second-order valence-electron chi connectivity index (χ2n) is 6.05. The van der Waals surface area contributed by atoms with Crippen LogP contribution in [0.4, 0.5) is 5.69 Å². The number of halogens is 1. The molecule has 1 heterocycles. The topological polar surface area (TPSA) is 66.5 Å². The van der Waals surface area contributed by atoms with E-state index in [1.54, 1.807) is 12.1 Å². The molecular formula is C18H19ClN2O3S. The molecule has 3 rings (SSSR count). The van der Waals surface area contributed by atoms with Gasteiger partial charge < -0.3 is 5.32 Å². The molecule has 1 amide bonds. The Morgan fingerprint density at radius 1 is 1.08 bits per heavy atom. The molecular weight excluding hydrogens is 360 g/mol. The zero-order valence-electron chi connectivity index (χ0n) is 13.8. The zero-order chi connectivity index (χ0) is 18.0. The van der Waals surface area contributed by atoms with E-state index in [0.717, 1.165) is 18.4 Å². The summed E-state index contributed by atoms with van der Waals surface area (Å²) in [5.41, 5.74) is 1.91. The van der Waals surface area contributed by atoms with E-state index in [4.69, 9.17) is 11.6 Å². The van der Waals surface area contributed by atoms with Gasteiger partial charge in [-0.05, 0) is 61.7 Å². The van der Waals surface area contributed by atoms with Crippen molar-refractivity contribution in [3.8, 4) is 0 Å². The lowest BCUT2D eigenvalue weighted by Crippen LogP contribution is -2.27. The van der Waals surface area contributed by atoms with Crippen LogP contribution in [0.1, 0.15) is 28.8 Å². The number of amides is 1. The first kappa shape index (κ1) is 17.9. The first-order chi connectivity index (χ1) is 11.9. The molecule has 7 heteroatoms. The summed E-state index contributed by atoms with van der Waals surface area (Å²) in [6.45, 7) is 2.99. The Morgan fingerprint density at radius 3 is 2.32 bits per heavy atom. The van der Waals surface area contributed by atoms with E-state index >= 15 is 0 Å². The van der Waals surface area contributed by atoms with Crippen molar-refractivity contribution in [2.24, 2.45) is 0 Å². The molecule has 25 heavy (non-hydrogen) atoms. The standard InChI is InChI=1S/C18H19ClN2O3S/c1-13-4-7-15(12-17(13)19)20-18(22)14-5-8-16(9-6-14)25(23,24)21-10-2-3-11-21/h4-9,12H,2-3,10-11H2,1H3,(H,20,22). The third-order valence-electron chi connectivity index (χ3n) is 4.25. The van der Waals surface area contributed by atoms with Gasteiger partial charge in [-0.2, -0.15) is 4.31 Å². The number of nitrogens with one attached hydrogen (secondary N) is 1. The Bertz CT molecular complexity index is 889. The van der Waals surface area contributed by atoms with Gasteiger partial charge in [-0.1, -0.05) is 17.7 Å². The molecule has 1 saturated heterocycles. The van der Waals surface area contributed by atoms with Crippen LogP contribution >= 0.6 is 11.6 Å². The molecule has 1 aliphatic rings. The second-order valence-corrected chi connectivity index (χ2v) is 8.40. The number of carbonyl (C=O) groups excluding carboxylic acids is 1. The molecule has 2 aromatic carbocycles. The van der Waals surface area contributed by atoms with Crippen LogP contribution in [0.5, 0.6) is 0 Å². The average Bonchev–Trinajstić information content (AvgIpc) is 3.14. The number of carbonyl (C=O) groups is 1. The van der Waals surface area contributed by atoms with Crippen LogP contribution in [0.25, 0.3) is 0 Å². The summed E-state index contributed by atoms with van der Waals surface area (Å²) in [5, 5.41) is 3.33. The van der Waals surface area contributed by atoms with Crippen molar-refractivity contribution in [3.63, 3.8) is 0 Å². The first-order valence-electron chi connectivity index (χ1n) is 8.05. The van der Waals surface area contributed by atoms with Crippen LogP contribution in [0.3, 0.4) is 0 Å². The van der Waals surface area contributed by atoms with Crippen molar-refractivity contribution in [3.05, 3.63) is 58.6 Å². The molecule has 0 spiro atoms. The van der Waals surface area contributed by atoms with E-state index in [9.17, 15) is 13.2 Å². The van der Waals surface area contributed by atoms with Crippen LogP contribution in [0.2, 0.25) is 5.02 Å². The summed E-state index contributed by atoms with van der Waals surface area (Å²) in [6.07, 6.45) is 1.78. The molecule has 2 aromatic rings. The van der Waals surface area contributed by atoms with Gasteiger partial charge in [0.2, 0.25) is 10.0 Å². The molecule has 132 valence electrons. The number of nitrogens with zero attached hydrogens (tertiary/aromatic N) is 1. The van der Waals surface area contributed by atoms with Gasteiger partial charge in [0, 0.05) is 29.4 Å². The predicted octanol–water partition coefficient (Wildman–Crippen LogP) is 3.69. The maximum absolute atomic E-state index is 12.5. The molecule has 1 N–H and O–H groups in total. The Labute approximate surface area is 152 Å². The number of rotatable bonds is 4. The number of benzene rings is 2. The molecule has 1 fully saturated rings. The fourth-order valence-electron chi connectivity index (χ4n) is 2.73. The largest absolute Gasteiger partial charge is 0.322 e. The van der Waals surface area contributed by atoms with E-state index < -0.39 is 10.0 Å². The highest BCUT2D eigenvalue weighted by molar-refractivity contribution is 7.89. The zero-order valence-corrected chi connectivity index (χ0v) is 15.4. The van der Waals surface area contributed by atoms with Gasteiger partial charge in [0.1, 0.15) is 0 Å². The van der Waals surface area contributed by atoms with Gasteiger partial charge >= 0.3 is 0 Å². The lowest BCUT2D eigenvalue weighted by molar-refractivity contribution is 0.102. The van der Waals surface area contributed by atoms with Crippen molar-refractivity contribution >= 4 is 33.2 Å². The molecule has 0 aromatic heterocycles. The van der Waals surface area contributed by atoms with Crippen molar-refractivity contribution in [2.45, 2.75) is 24.7 Å². The Hall–Kier alpha value is -1.89. The number of anilines is 1. The Balaban J connectivity index is 1.75. The smallest absolute Gasteiger partial charge is 0.255 e. The van der Waals surface area contributed by atoms with E-state index in [1.807, 2.05) is 13.0 Å². The van der Waals surface area contributed by atoms with E-state index in [-0.39, 0.29) is 10.8 Å². The monoisotopic (exact) mass is 378 g/mol. The summed E-state index contributed by atoms with van der Waals surface area (Å²) < 4.78 is 26.5. The minimum atomic E-state index is -3.47. The highest BCUT2D eigenvalue weighted by atomic mass is 35.5. The van der Waals surface area contributed by atoms with Gasteiger partial charge in [-0.25, -0.2) is 8.42 Å². The maximum atomic E-state index is 12.5. The third-order valence-corrected chi connectivity index (χ3v) is 6.57. The summed E-state index contributed by atoms with van der Waals surface area (Å²) in [4.78, 5) is 12.5. The molecule has 0 aliphatic carbocycles. The predicted molar refractivity (Wildman–Crippen MR) is 98.6 cm³/mol. The highest BCUT2D eigenvalue weighted by Crippen LogP contribution is 2.22. The van der Waals surface area contributed by atoms with Crippen LogP contribution in [-0.2, 0) is 10.0 Å². The Morgan fingerprint density at radius 2 is 1.72 bits per heavy atom. The second kappa shape index (κ2) is 7.15. The molecule has 0 bridgehead atoms. The van der Waals surface area contributed by atoms with Gasteiger partial charge in [0.05, 0.1) is 4.90 Å². The van der Waals surface area contributed by atoms with Gasteiger partial charge in [0.25, 0.3) is 5.91 Å². The number of aryl methyl sites for hydroxylation is 1. The van der Waals surface area contributed by atoms with Crippen LogP contribution < -0.4 is 5.32 Å². The summed E-state index contributed by atoms with van der Waals surface area (Å²) in [5.74, 6) is -0.315. The minimum absolute atomic E-state index is 0.212. The molecule has 0 unspecified atom stereocenters. The fraction of sp³-hybridized carbons (Fsp3) is 0.278. The van der Waals surface area contributed by atoms with Crippen molar-refractivity contribution in [1.29, 1.82) is 0 Å². The Kier molecular flexibility index (Phi) is 5.13. The van der Waals surface area contributed by atoms with Gasteiger partial charge in [-0.3, -0.25) is 4.79 Å². The average molecular weight is 379 g/mol. The van der Waals surface area contributed by atoms with Gasteiger partial charge in [0.15, 0.2) is 0 Å². The normalized spacial score (nSPS) is 15.3. The van der Waals surface area contributed by atoms with Crippen LogP contribution in [-0.4, -0.2) is 31.7 Å². The number of hydrogen-bond donors (Lipinski definition) is 1. The number of hydrogen-bond acceptors (Lipinski definition) is 3. The van der Waals surface area contributed by atoms with Crippen molar-refractivity contribution in [1.82, 2.24) is 4.31 Å². The van der Waals surface area contributed by atoms with E-state index in [0.29, 0.717) is 29.4 Å². The van der Waals surface area contributed by atoms with E-state index in [2.05, 4.69) is 5.32 Å². The van der Waals surface area contributed by atoms with Crippen LogP contribution in [0.15, 0.2) is 47.4 Å². The van der Waals surface area contributed by atoms with Crippen molar-refractivity contribution in [2.75, 3.05) is 18.4 Å². The highest BCUT2D eigenvalue weighted by Gasteiger charge is 2.27. The fourth-order valence-corrected chi connectivity index (χ4v) is 4.43. The molecule has 1 aliphatic heterocycles. The number of sulfonamides is 1. The summed E-state index contributed by atoms with van der Waals surface area (Å²) in [6, 6.07) is 11.3. The van der Waals surface area contributed by atoms with Gasteiger partial charge in [-0.15, -0.1) is 0 Å². The summed E-state index contributed by atoms with van der Waals surface area (Å²) >= 11 is 6.05. The van der Waals surface area contributed by atoms with Crippen molar-refractivity contribution < 1.29 is 13.2 Å². The molecule has 0 saturated carbocycles.